The number of carbonyl (C=O) groups is 2. The second-order valence-electron chi connectivity index (χ2n) is 9.67. The van der Waals surface area contributed by atoms with Gasteiger partial charge < -0.3 is 9.47 Å². The van der Waals surface area contributed by atoms with Gasteiger partial charge in [0.05, 0.1) is 11.1 Å². The van der Waals surface area contributed by atoms with Gasteiger partial charge in [-0.2, -0.15) is 0 Å². The molecule has 2 saturated heterocycles. The molecule has 1 aliphatic carbocycles. The normalized spacial score (nSPS) is 31.3. The molecule has 5 rings (SSSR count). The number of carbonyl (C=O) groups excluding carboxylic acids is 2. The quantitative estimate of drug-likeness (QED) is 0.639. The molecule has 5 nitrogen and oxygen atoms in total. The van der Waals surface area contributed by atoms with E-state index in [2.05, 4.69) is 18.7 Å². The summed E-state index contributed by atoms with van der Waals surface area (Å²) in [5, 5.41) is 0. The van der Waals surface area contributed by atoms with Gasteiger partial charge in [0.15, 0.2) is 0 Å². The van der Waals surface area contributed by atoms with Gasteiger partial charge in [0.1, 0.15) is 12.2 Å². The molecule has 168 valence electrons. The highest BCUT2D eigenvalue weighted by Gasteiger charge is 2.58. The van der Waals surface area contributed by atoms with Crippen LogP contribution in [0.15, 0.2) is 60.7 Å². The van der Waals surface area contributed by atoms with E-state index in [1.165, 1.54) is 12.8 Å². The van der Waals surface area contributed by atoms with Crippen molar-refractivity contribution in [3.63, 3.8) is 0 Å². The van der Waals surface area contributed by atoms with E-state index in [-0.39, 0.29) is 11.9 Å². The summed E-state index contributed by atoms with van der Waals surface area (Å²) in [5.41, 5.74) is 1.05. The molecule has 6 unspecified atom stereocenters. The van der Waals surface area contributed by atoms with Gasteiger partial charge in [-0.15, -0.1) is 0 Å². The first-order valence-electron chi connectivity index (χ1n) is 11.8. The Morgan fingerprint density at radius 3 is 1.53 bits per heavy atom. The number of rotatable bonds is 5. The predicted molar refractivity (Wildman–Crippen MR) is 121 cm³/mol. The summed E-state index contributed by atoms with van der Waals surface area (Å²) in [4.78, 5) is 28.4. The maximum Gasteiger partial charge on any atom is 0.338 e. The lowest BCUT2D eigenvalue weighted by Crippen LogP contribution is -2.47. The van der Waals surface area contributed by atoms with E-state index in [0.717, 1.165) is 12.8 Å². The van der Waals surface area contributed by atoms with Gasteiger partial charge in [0, 0.05) is 18.1 Å². The maximum atomic E-state index is 12.9. The highest BCUT2D eigenvalue weighted by Crippen LogP contribution is 2.53. The number of benzene rings is 2. The van der Waals surface area contributed by atoms with Crippen LogP contribution < -0.4 is 0 Å². The first-order valence-corrected chi connectivity index (χ1v) is 11.8. The zero-order valence-electron chi connectivity index (χ0n) is 18.7. The van der Waals surface area contributed by atoms with Gasteiger partial charge in [0.2, 0.25) is 0 Å². The molecular weight excluding hydrogens is 402 g/mol. The van der Waals surface area contributed by atoms with E-state index in [1.807, 2.05) is 36.4 Å². The average molecular weight is 434 g/mol. The number of hydrogen-bond donors (Lipinski definition) is 0. The van der Waals surface area contributed by atoms with Crippen LogP contribution in [0.4, 0.5) is 0 Å². The maximum absolute atomic E-state index is 12.9. The van der Waals surface area contributed by atoms with E-state index < -0.39 is 12.2 Å². The van der Waals surface area contributed by atoms with Crippen LogP contribution in [0, 0.1) is 11.8 Å². The van der Waals surface area contributed by atoms with Crippen LogP contribution in [-0.4, -0.2) is 47.2 Å². The minimum atomic E-state index is -0.426. The number of fused-ring (bicyclic) bond motifs is 5. The summed E-state index contributed by atoms with van der Waals surface area (Å²) < 4.78 is 12.0. The van der Waals surface area contributed by atoms with E-state index >= 15 is 0 Å². The topological polar surface area (TPSA) is 55.8 Å². The van der Waals surface area contributed by atoms with Crippen molar-refractivity contribution < 1.29 is 19.1 Å². The molecule has 2 aromatic carbocycles. The second-order valence-corrected chi connectivity index (χ2v) is 9.67. The molecule has 6 atom stereocenters. The summed E-state index contributed by atoms with van der Waals surface area (Å²) in [5.74, 6) is 0.269. The summed E-state index contributed by atoms with van der Waals surface area (Å²) in [7, 11) is 0. The zero-order chi connectivity index (χ0) is 22.2. The van der Waals surface area contributed by atoms with Gasteiger partial charge in [0.25, 0.3) is 0 Å². The van der Waals surface area contributed by atoms with Gasteiger partial charge in [-0.25, -0.2) is 9.59 Å². The largest absolute Gasteiger partial charge is 0.455 e. The van der Waals surface area contributed by atoms with Gasteiger partial charge in [-0.3, -0.25) is 4.90 Å². The molecule has 0 aromatic heterocycles. The first kappa shape index (κ1) is 21.2. The highest BCUT2D eigenvalue weighted by molar-refractivity contribution is 5.90. The molecule has 1 saturated carbocycles. The van der Waals surface area contributed by atoms with Crippen molar-refractivity contribution in [2.45, 2.75) is 69.9 Å². The third-order valence-corrected chi connectivity index (χ3v) is 7.62. The fraction of sp³-hybridized carbons (Fsp3) is 0.481. The molecule has 0 amide bonds. The lowest BCUT2D eigenvalue weighted by Gasteiger charge is -2.41. The summed E-state index contributed by atoms with van der Waals surface area (Å²) in [6.45, 7) is 4.53. The Morgan fingerprint density at radius 1 is 0.750 bits per heavy atom. The van der Waals surface area contributed by atoms with Gasteiger partial charge >= 0.3 is 11.9 Å². The van der Waals surface area contributed by atoms with E-state index in [4.69, 9.17) is 9.47 Å². The Hall–Kier alpha value is -2.66. The Balaban J connectivity index is 1.38. The van der Waals surface area contributed by atoms with Crippen molar-refractivity contribution in [2.24, 2.45) is 11.8 Å². The molecule has 2 heterocycles. The van der Waals surface area contributed by atoms with Gasteiger partial charge in [-0.05, 0) is 75.6 Å². The standard InChI is InChI=1S/C27H31NO4/c1-17(2)28-22-13-14-23(28)21-16-25(32-27(30)19-11-7-4-8-12-19)24(15-20(21)22)31-26(29)18-9-5-3-6-10-18/h3-12,17,20-25H,13-16H2,1-2H3. The predicted octanol–water partition coefficient (Wildman–Crippen LogP) is 4.72. The first-order chi connectivity index (χ1) is 15.5. The van der Waals surface area contributed by atoms with Gasteiger partial charge in [-0.1, -0.05) is 36.4 Å². The van der Waals surface area contributed by atoms with Crippen LogP contribution in [0.1, 0.15) is 60.2 Å². The van der Waals surface area contributed by atoms with Crippen molar-refractivity contribution in [2.75, 3.05) is 0 Å². The van der Waals surface area contributed by atoms with Crippen LogP contribution in [0.5, 0.6) is 0 Å². The molecule has 2 aromatic rings. The highest BCUT2D eigenvalue weighted by atomic mass is 16.6. The molecule has 0 spiro atoms. The molecule has 3 aliphatic rings. The fourth-order valence-electron chi connectivity index (χ4n) is 6.40. The summed E-state index contributed by atoms with van der Waals surface area (Å²) in [6.07, 6.45) is 3.06. The summed E-state index contributed by atoms with van der Waals surface area (Å²) >= 11 is 0. The Morgan fingerprint density at radius 2 is 1.16 bits per heavy atom. The van der Waals surface area contributed by atoms with Crippen molar-refractivity contribution in [1.29, 1.82) is 0 Å². The Bertz CT molecular complexity index is 885. The van der Waals surface area contributed by atoms with Crippen molar-refractivity contribution in [1.82, 2.24) is 4.90 Å². The van der Waals surface area contributed by atoms with E-state index in [0.29, 0.717) is 41.1 Å². The van der Waals surface area contributed by atoms with Crippen LogP contribution in [0.25, 0.3) is 0 Å². The van der Waals surface area contributed by atoms with Crippen molar-refractivity contribution >= 4 is 11.9 Å². The number of nitrogens with zero attached hydrogens (tertiary/aromatic N) is 1. The van der Waals surface area contributed by atoms with Crippen LogP contribution in [0.2, 0.25) is 0 Å². The average Bonchev–Trinajstić information content (AvgIpc) is 3.38. The van der Waals surface area contributed by atoms with E-state index in [1.54, 1.807) is 24.3 Å². The van der Waals surface area contributed by atoms with Crippen molar-refractivity contribution in [3.05, 3.63) is 71.8 Å². The Labute approximate surface area is 189 Å². The minimum Gasteiger partial charge on any atom is -0.455 e. The monoisotopic (exact) mass is 433 g/mol. The third-order valence-electron chi connectivity index (χ3n) is 7.62. The molecule has 0 radical (unpaired) electrons. The van der Waals surface area contributed by atoms with Crippen LogP contribution >= 0.6 is 0 Å². The molecule has 32 heavy (non-hydrogen) atoms. The summed E-state index contributed by atoms with van der Waals surface area (Å²) in [6, 6.07) is 19.7. The molecule has 2 bridgehead atoms. The lowest BCUT2D eigenvalue weighted by atomic mass is 9.69. The van der Waals surface area contributed by atoms with Crippen molar-refractivity contribution in [3.8, 4) is 0 Å². The fourth-order valence-corrected chi connectivity index (χ4v) is 6.40. The van der Waals surface area contributed by atoms with Crippen LogP contribution in [0.3, 0.4) is 0 Å². The lowest BCUT2D eigenvalue weighted by molar-refractivity contribution is -0.0758. The molecule has 2 aliphatic heterocycles. The van der Waals surface area contributed by atoms with E-state index in [9.17, 15) is 9.59 Å². The number of ether oxygens (including phenoxy) is 2. The third kappa shape index (κ3) is 3.83. The second kappa shape index (κ2) is 8.70. The SMILES string of the molecule is CC(C)N1C2CCC1C1CC(OC(=O)c3ccccc3)C(OC(=O)c3ccccc3)CC12. The zero-order valence-corrected chi connectivity index (χ0v) is 18.7. The smallest absolute Gasteiger partial charge is 0.338 e. The number of esters is 2. The van der Waals surface area contributed by atoms with Crippen LogP contribution in [-0.2, 0) is 9.47 Å². The Kier molecular flexibility index (Phi) is 5.76. The molecule has 5 heteroatoms. The minimum absolute atomic E-state index is 0.348. The molecule has 0 N–H and O–H groups in total. The molecule has 3 fully saturated rings. The number of hydrogen-bond acceptors (Lipinski definition) is 5. The molecular formula is C27H31NO4.